The summed E-state index contributed by atoms with van der Waals surface area (Å²) < 4.78 is 16.7. The van der Waals surface area contributed by atoms with Gasteiger partial charge in [0.15, 0.2) is 22.3 Å². The van der Waals surface area contributed by atoms with E-state index >= 15 is 0 Å². The fourth-order valence-electron chi connectivity index (χ4n) is 4.41. The largest absolute Gasteiger partial charge is 0.454 e. The average molecular weight is 341 g/mol. The van der Waals surface area contributed by atoms with E-state index in [-0.39, 0.29) is 12.7 Å². The van der Waals surface area contributed by atoms with Crippen LogP contribution in [0.4, 0.5) is 0 Å². The highest BCUT2D eigenvalue weighted by molar-refractivity contribution is 8.00. The second-order valence-electron chi connectivity index (χ2n) is 6.24. The fourth-order valence-corrected chi connectivity index (χ4v) is 5.77. The molecule has 3 aliphatic heterocycles. The zero-order chi connectivity index (χ0) is 16.6. The first-order valence-corrected chi connectivity index (χ1v) is 8.55. The molecule has 24 heavy (non-hydrogen) atoms. The smallest absolute Gasteiger partial charge is 0.277 e. The fraction of sp³-hybridized carbons (Fsp3) is 0.438. The summed E-state index contributed by atoms with van der Waals surface area (Å²) in [6.07, 6.45) is 0. The number of benzene rings is 1. The summed E-state index contributed by atoms with van der Waals surface area (Å²) in [6, 6.07) is 10.2. The van der Waals surface area contributed by atoms with Crippen LogP contribution in [0.2, 0.25) is 0 Å². The van der Waals surface area contributed by atoms with E-state index in [4.69, 9.17) is 19.9 Å². The zero-order valence-electron chi connectivity index (χ0n) is 12.5. The molecule has 1 aliphatic carbocycles. The van der Waals surface area contributed by atoms with Crippen molar-refractivity contribution >= 4 is 17.6 Å². The number of nitrogens with one attached hydrogen (secondary N) is 1. The lowest BCUT2D eigenvalue weighted by Crippen LogP contribution is -2.88. The first kappa shape index (κ1) is 14.0. The predicted octanol–water partition coefficient (Wildman–Crippen LogP) is -0.599. The van der Waals surface area contributed by atoms with Gasteiger partial charge in [0, 0.05) is 11.7 Å². The predicted molar refractivity (Wildman–Crippen MR) is 82.7 cm³/mol. The number of hydrogen-bond acceptors (Lipinski definition) is 7. The molecule has 0 bridgehead atoms. The maximum atomic E-state index is 10.1. The number of amidine groups is 1. The molecule has 1 saturated carbocycles. The highest BCUT2D eigenvalue weighted by Gasteiger charge is 2.96. The van der Waals surface area contributed by atoms with Crippen molar-refractivity contribution in [2.75, 3.05) is 19.2 Å². The van der Waals surface area contributed by atoms with Gasteiger partial charge in [0.1, 0.15) is 0 Å². The van der Waals surface area contributed by atoms with E-state index in [9.17, 15) is 10.5 Å². The molecule has 7 nitrogen and oxygen atoms in total. The summed E-state index contributed by atoms with van der Waals surface area (Å²) in [7, 11) is 0. The number of thioether (sulfide) groups is 1. The molecule has 1 aromatic carbocycles. The Morgan fingerprint density at radius 1 is 1.25 bits per heavy atom. The van der Waals surface area contributed by atoms with Crippen molar-refractivity contribution < 1.29 is 19.2 Å². The normalized spacial score (nSPS) is 40.8. The summed E-state index contributed by atoms with van der Waals surface area (Å²) >= 11 is 1.50. The molecule has 0 amide bonds. The second kappa shape index (κ2) is 4.15. The zero-order valence-corrected chi connectivity index (χ0v) is 13.4. The minimum absolute atomic E-state index is 0.176. The van der Waals surface area contributed by atoms with Crippen LogP contribution in [-0.4, -0.2) is 30.0 Å². The van der Waals surface area contributed by atoms with Gasteiger partial charge in [-0.05, 0) is 17.7 Å². The summed E-state index contributed by atoms with van der Waals surface area (Å²) in [6.45, 7) is 0.693. The van der Waals surface area contributed by atoms with Crippen molar-refractivity contribution in [2.45, 2.75) is 11.0 Å². The van der Waals surface area contributed by atoms with Gasteiger partial charge in [0.05, 0.1) is 18.7 Å². The van der Waals surface area contributed by atoms with Crippen LogP contribution >= 0.6 is 11.8 Å². The van der Waals surface area contributed by atoms with E-state index in [0.29, 0.717) is 23.9 Å². The molecule has 1 spiro atoms. The highest BCUT2D eigenvalue weighted by atomic mass is 32.2. The molecular formula is C16H13N4O3S+. The maximum absolute atomic E-state index is 10.1. The average Bonchev–Trinajstić information content (AvgIpc) is 2.99. The number of hydrogen-bond donors (Lipinski definition) is 2. The molecule has 3 N–H and O–H groups in total. The molecule has 5 rings (SSSR count). The minimum atomic E-state index is -1.10. The third kappa shape index (κ3) is 1.22. The number of fused-ring (bicyclic) bond motifs is 3. The molecule has 0 unspecified atom stereocenters. The lowest BCUT2D eigenvalue weighted by Gasteiger charge is -2.23. The molecule has 0 aromatic heterocycles. The van der Waals surface area contributed by atoms with Gasteiger partial charge in [-0.1, -0.05) is 17.8 Å². The molecule has 1 saturated heterocycles. The maximum Gasteiger partial charge on any atom is 0.277 e. The molecule has 2 fully saturated rings. The van der Waals surface area contributed by atoms with Gasteiger partial charge in [-0.2, -0.15) is 10.5 Å². The first-order chi connectivity index (χ1) is 11.6. The molecule has 4 aliphatic rings. The van der Waals surface area contributed by atoms with E-state index in [0.717, 1.165) is 11.3 Å². The molecule has 1 aromatic rings. The Balaban J connectivity index is 1.70. The molecule has 120 valence electrons. The van der Waals surface area contributed by atoms with Crippen molar-refractivity contribution in [3.05, 3.63) is 23.8 Å². The van der Waals surface area contributed by atoms with Crippen LogP contribution in [0.3, 0.4) is 0 Å². The van der Waals surface area contributed by atoms with Crippen LogP contribution in [0, 0.1) is 33.5 Å². The van der Waals surface area contributed by atoms with Gasteiger partial charge in [-0.3, -0.25) is 5.73 Å². The number of nitriles is 2. The van der Waals surface area contributed by atoms with Crippen LogP contribution in [0.25, 0.3) is 0 Å². The van der Waals surface area contributed by atoms with Gasteiger partial charge in [0.2, 0.25) is 6.79 Å². The SMILES string of the molecule is N#C[C@@]12[C@@H](c3ccc4c(c3)OCO4)[C@]1(C#N)C(N)=[NH+][C@@]21OCCS1. The number of nitrogens with zero attached hydrogens (tertiary/aromatic N) is 2. The Hall–Kier alpha value is -2.42. The van der Waals surface area contributed by atoms with Gasteiger partial charge in [-0.15, -0.1) is 0 Å². The van der Waals surface area contributed by atoms with E-state index in [1.165, 1.54) is 11.8 Å². The summed E-state index contributed by atoms with van der Waals surface area (Å²) in [5.74, 6) is 1.97. The molecule has 4 atom stereocenters. The van der Waals surface area contributed by atoms with Crippen LogP contribution < -0.4 is 20.2 Å². The lowest BCUT2D eigenvalue weighted by atomic mass is 9.95. The quantitative estimate of drug-likeness (QED) is 0.701. The summed E-state index contributed by atoms with van der Waals surface area (Å²) in [4.78, 5) is 3.10. The van der Waals surface area contributed by atoms with E-state index in [1.807, 2.05) is 12.1 Å². The molecule has 3 heterocycles. The summed E-state index contributed by atoms with van der Waals surface area (Å²) in [5.41, 5.74) is 4.87. The monoisotopic (exact) mass is 341 g/mol. The first-order valence-electron chi connectivity index (χ1n) is 7.56. The third-order valence-corrected chi connectivity index (χ3v) is 6.74. The van der Waals surface area contributed by atoms with Gasteiger partial charge < -0.3 is 14.2 Å². The van der Waals surface area contributed by atoms with E-state index in [2.05, 4.69) is 17.1 Å². The second-order valence-corrected chi connectivity index (χ2v) is 7.51. The van der Waals surface area contributed by atoms with Crippen molar-refractivity contribution in [2.24, 2.45) is 16.6 Å². The number of nitrogens with two attached hydrogens (primary N) is 1. The van der Waals surface area contributed by atoms with Gasteiger partial charge in [-0.25, -0.2) is 4.99 Å². The Kier molecular flexibility index (Phi) is 2.42. The van der Waals surface area contributed by atoms with Gasteiger partial charge in [0.25, 0.3) is 10.9 Å². The third-order valence-electron chi connectivity index (χ3n) is 5.42. The van der Waals surface area contributed by atoms with Crippen LogP contribution in [0.5, 0.6) is 11.5 Å². The van der Waals surface area contributed by atoms with E-state index in [1.54, 1.807) is 6.07 Å². The van der Waals surface area contributed by atoms with Crippen molar-refractivity contribution in [1.82, 2.24) is 0 Å². The van der Waals surface area contributed by atoms with Crippen molar-refractivity contribution in [3.8, 4) is 23.6 Å². The standard InChI is InChI=1S/C16H12N4O3S/c17-6-14-12(9-1-2-10-11(5-9)22-8-21-10)15(14,7-18)16(20-13(14)19)23-3-4-24-16/h1-2,5,12H,3-4,8H2,(H2,19,20)/p+1/t12-,14+,15+,16+/m0/s1. The molecule has 8 heteroatoms. The van der Waals surface area contributed by atoms with Crippen molar-refractivity contribution in [3.63, 3.8) is 0 Å². The lowest BCUT2D eigenvalue weighted by molar-refractivity contribution is -0.583. The van der Waals surface area contributed by atoms with Crippen molar-refractivity contribution in [1.29, 1.82) is 10.5 Å². The molecule has 0 radical (unpaired) electrons. The Morgan fingerprint density at radius 2 is 2.08 bits per heavy atom. The Labute approximate surface area is 142 Å². The number of ether oxygens (including phenoxy) is 3. The topological polar surface area (TPSA) is 115 Å². The minimum Gasteiger partial charge on any atom is -0.454 e. The Bertz CT molecular complexity index is 882. The van der Waals surface area contributed by atoms with Crippen LogP contribution in [-0.2, 0) is 4.74 Å². The van der Waals surface area contributed by atoms with Gasteiger partial charge >= 0.3 is 0 Å². The summed E-state index contributed by atoms with van der Waals surface area (Å²) in [5, 5.41) is 19.0. The van der Waals surface area contributed by atoms with E-state index < -0.39 is 15.9 Å². The Morgan fingerprint density at radius 3 is 2.79 bits per heavy atom. The highest BCUT2D eigenvalue weighted by Crippen LogP contribution is 2.80. The molecular weight excluding hydrogens is 328 g/mol. The number of rotatable bonds is 1. The van der Waals surface area contributed by atoms with Crippen LogP contribution in [0.15, 0.2) is 18.2 Å². The van der Waals surface area contributed by atoms with Crippen LogP contribution in [0.1, 0.15) is 11.5 Å².